The quantitative estimate of drug-likeness (QED) is 0.208. The topological polar surface area (TPSA) is 66.6 Å². The number of alkyl halides is 6. The molecule has 5 heterocycles. The van der Waals surface area contributed by atoms with E-state index in [2.05, 4.69) is 34.0 Å². The Bertz CT molecular complexity index is 1580. The molecule has 2 saturated heterocycles. The Kier molecular flexibility index (Phi) is 6.02. The van der Waals surface area contributed by atoms with Gasteiger partial charge in [-0.3, -0.25) is 9.88 Å². The minimum Gasteiger partial charge on any atom is -0.340 e. The predicted molar refractivity (Wildman–Crippen MR) is 137 cm³/mol. The Morgan fingerprint density at radius 3 is 2.33 bits per heavy atom. The fourth-order valence-electron chi connectivity index (χ4n) is 5.69. The van der Waals surface area contributed by atoms with E-state index in [1.54, 1.807) is 6.07 Å². The lowest BCUT2D eigenvalue weighted by Crippen LogP contribution is -2.28. The van der Waals surface area contributed by atoms with Crippen molar-refractivity contribution in [1.82, 2.24) is 24.8 Å². The molecule has 0 spiro atoms. The summed E-state index contributed by atoms with van der Waals surface area (Å²) >= 11 is 0. The zero-order valence-electron chi connectivity index (χ0n) is 21.5. The second kappa shape index (κ2) is 9.12. The van der Waals surface area contributed by atoms with Crippen LogP contribution < -0.4 is 5.32 Å². The molecule has 0 saturated carbocycles. The van der Waals surface area contributed by atoms with E-state index in [1.807, 2.05) is 0 Å². The normalized spacial score (nSPS) is 22.1. The van der Waals surface area contributed by atoms with Gasteiger partial charge < -0.3 is 5.32 Å². The molecule has 6 rings (SSSR count). The van der Waals surface area contributed by atoms with Crippen LogP contribution in [0.1, 0.15) is 49.7 Å². The number of hydrogen-bond acceptors (Lipinski definition) is 6. The number of nitrogens with one attached hydrogen (secondary N) is 1. The zero-order chi connectivity index (χ0) is 28.4. The highest BCUT2D eigenvalue weighted by Crippen LogP contribution is 2.56. The van der Waals surface area contributed by atoms with Crippen LogP contribution in [0, 0.1) is 5.41 Å². The highest BCUT2D eigenvalue weighted by atomic mass is 19.4. The summed E-state index contributed by atoms with van der Waals surface area (Å²) in [4.78, 5) is 20.2. The average molecular weight is 559 g/mol. The number of halogens is 6. The summed E-state index contributed by atoms with van der Waals surface area (Å²) in [7, 11) is 0. The summed E-state index contributed by atoms with van der Waals surface area (Å²) < 4.78 is 80.3. The molecule has 0 radical (unpaired) electrons. The number of piperidine rings is 1. The summed E-state index contributed by atoms with van der Waals surface area (Å²) in [6.45, 7) is 5.24. The molecule has 0 bridgehead atoms. The van der Waals surface area contributed by atoms with E-state index >= 15 is 0 Å². The Labute approximate surface area is 225 Å². The first-order valence-electron chi connectivity index (χ1n) is 12.7. The van der Waals surface area contributed by atoms with Gasteiger partial charge in [-0.1, -0.05) is 13.8 Å². The van der Waals surface area contributed by atoms with Crippen LogP contribution in [0.2, 0.25) is 0 Å². The standard InChI is InChI=1S/C28H24F6N6/c1-26(2)12-4-14-40-21(22(26)40)25-38-23(36-16-8-6-15(7-9-16)27(29,30)31)17-10-11-19(37-24(17)39-25)20-18(28(32,33)34)5-3-13-35-20/h3,5-11,13,21-22H,4,12,14H2,1-2H3,(H,36,37,38,39). The molecule has 4 aromatic rings. The first kappa shape index (κ1) is 26.4. The van der Waals surface area contributed by atoms with Gasteiger partial charge in [-0.2, -0.15) is 26.3 Å². The molecule has 3 unspecified atom stereocenters. The van der Waals surface area contributed by atoms with Gasteiger partial charge in [-0.15, -0.1) is 0 Å². The van der Waals surface area contributed by atoms with Crippen LogP contribution in [-0.2, 0) is 12.4 Å². The molecule has 2 fully saturated rings. The van der Waals surface area contributed by atoms with Crippen LogP contribution in [0.3, 0.4) is 0 Å². The van der Waals surface area contributed by atoms with E-state index in [4.69, 9.17) is 9.97 Å². The monoisotopic (exact) mass is 558 g/mol. The van der Waals surface area contributed by atoms with Gasteiger partial charge in [0, 0.05) is 17.9 Å². The van der Waals surface area contributed by atoms with Crippen molar-refractivity contribution < 1.29 is 26.3 Å². The molecule has 3 atom stereocenters. The number of fused-ring (bicyclic) bond motifs is 2. The molecule has 3 aromatic heterocycles. The van der Waals surface area contributed by atoms with E-state index in [1.165, 1.54) is 30.5 Å². The van der Waals surface area contributed by atoms with Crippen LogP contribution in [0.4, 0.5) is 37.8 Å². The lowest BCUT2D eigenvalue weighted by atomic mass is 9.81. The molecule has 40 heavy (non-hydrogen) atoms. The van der Waals surface area contributed by atoms with Gasteiger partial charge in [0.25, 0.3) is 0 Å². The van der Waals surface area contributed by atoms with Gasteiger partial charge in [-0.25, -0.2) is 15.0 Å². The first-order valence-corrected chi connectivity index (χ1v) is 12.7. The van der Waals surface area contributed by atoms with Crippen molar-refractivity contribution in [3.8, 4) is 11.4 Å². The van der Waals surface area contributed by atoms with Crippen molar-refractivity contribution in [1.29, 1.82) is 0 Å². The molecule has 1 N–H and O–H groups in total. The molecule has 0 amide bonds. The lowest BCUT2D eigenvalue weighted by Gasteiger charge is -2.28. The van der Waals surface area contributed by atoms with Gasteiger partial charge >= 0.3 is 12.4 Å². The third kappa shape index (κ3) is 4.74. The van der Waals surface area contributed by atoms with Gasteiger partial charge in [0.15, 0.2) is 11.5 Å². The van der Waals surface area contributed by atoms with Crippen molar-refractivity contribution in [2.75, 3.05) is 11.9 Å². The highest BCUT2D eigenvalue weighted by Gasteiger charge is 2.59. The van der Waals surface area contributed by atoms with E-state index in [-0.39, 0.29) is 34.5 Å². The minimum absolute atomic E-state index is 0.000551. The number of hydrogen-bond donors (Lipinski definition) is 1. The maximum atomic E-state index is 13.7. The predicted octanol–water partition coefficient (Wildman–Crippen LogP) is 7.41. The molecular weight excluding hydrogens is 534 g/mol. The SMILES string of the molecule is CC1(C)CCCN2C(c3nc(Nc4ccc(C(F)(F)F)cc4)c4ccc(-c5ncccc5C(F)(F)F)nc4n3)C21. The van der Waals surface area contributed by atoms with Crippen molar-refractivity contribution in [2.45, 2.75) is 51.1 Å². The number of aromatic nitrogens is 4. The second-order valence-electron chi connectivity index (χ2n) is 10.8. The maximum Gasteiger partial charge on any atom is 0.418 e. The van der Waals surface area contributed by atoms with E-state index in [9.17, 15) is 26.3 Å². The van der Waals surface area contributed by atoms with Crippen LogP contribution in [0.15, 0.2) is 54.7 Å². The van der Waals surface area contributed by atoms with Gasteiger partial charge in [0.05, 0.1) is 28.2 Å². The van der Waals surface area contributed by atoms with E-state index in [0.29, 0.717) is 22.7 Å². The minimum atomic E-state index is -4.63. The van der Waals surface area contributed by atoms with Crippen molar-refractivity contribution >= 4 is 22.5 Å². The largest absolute Gasteiger partial charge is 0.418 e. The first-order chi connectivity index (χ1) is 18.8. The summed E-state index contributed by atoms with van der Waals surface area (Å²) in [5.74, 6) is 0.766. The van der Waals surface area contributed by atoms with Gasteiger partial charge in [0.2, 0.25) is 0 Å². The number of anilines is 2. The molecule has 208 valence electrons. The molecule has 12 heteroatoms. The average Bonchev–Trinajstić information content (AvgIpc) is 3.64. The van der Waals surface area contributed by atoms with E-state index in [0.717, 1.165) is 37.6 Å². The molecule has 2 aliphatic heterocycles. The van der Waals surface area contributed by atoms with Crippen LogP contribution in [0.5, 0.6) is 0 Å². The van der Waals surface area contributed by atoms with Crippen LogP contribution in [0.25, 0.3) is 22.4 Å². The third-order valence-corrected chi connectivity index (χ3v) is 7.63. The van der Waals surface area contributed by atoms with Crippen LogP contribution in [-0.4, -0.2) is 37.4 Å². The smallest absolute Gasteiger partial charge is 0.340 e. The molecule has 2 aliphatic rings. The Morgan fingerprint density at radius 2 is 1.65 bits per heavy atom. The van der Waals surface area contributed by atoms with Crippen molar-refractivity contribution in [2.24, 2.45) is 5.41 Å². The van der Waals surface area contributed by atoms with Gasteiger partial charge in [0.1, 0.15) is 11.5 Å². The van der Waals surface area contributed by atoms with Crippen LogP contribution >= 0.6 is 0 Å². The Hall–Kier alpha value is -3.80. The van der Waals surface area contributed by atoms with E-state index < -0.39 is 23.5 Å². The van der Waals surface area contributed by atoms with Crippen molar-refractivity contribution in [3.05, 3.63) is 71.7 Å². The Morgan fingerprint density at radius 1 is 0.900 bits per heavy atom. The summed E-state index contributed by atoms with van der Waals surface area (Å²) in [6, 6.07) is 9.74. The third-order valence-electron chi connectivity index (χ3n) is 7.63. The lowest BCUT2D eigenvalue weighted by molar-refractivity contribution is -0.138. The number of rotatable bonds is 4. The molecule has 1 aromatic carbocycles. The summed E-state index contributed by atoms with van der Waals surface area (Å²) in [5, 5.41) is 3.48. The molecular formula is C28H24F6N6. The zero-order valence-corrected chi connectivity index (χ0v) is 21.5. The maximum absolute atomic E-state index is 13.7. The fraction of sp³-hybridized carbons (Fsp3) is 0.357. The Balaban J connectivity index is 1.46. The summed E-state index contributed by atoms with van der Waals surface area (Å²) in [6.07, 6.45) is -5.78. The van der Waals surface area contributed by atoms with Crippen molar-refractivity contribution in [3.63, 3.8) is 0 Å². The number of benzene rings is 1. The fourth-order valence-corrected chi connectivity index (χ4v) is 5.69. The number of pyridine rings is 2. The number of nitrogens with zero attached hydrogens (tertiary/aromatic N) is 5. The second-order valence-corrected chi connectivity index (χ2v) is 10.8. The molecule has 6 nitrogen and oxygen atoms in total. The van der Waals surface area contributed by atoms with Gasteiger partial charge in [-0.05, 0) is 73.3 Å². The highest BCUT2D eigenvalue weighted by molar-refractivity contribution is 5.90. The summed E-state index contributed by atoms with van der Waals surface area (Å²) in [5.41, 5.74) is -1.48. The molecule has 0 aliphatic carbocycles.